The van der Waals surface area contributed by atoms with E-state index in [-0.39, 0.29) is 5.76 Å². The van der Waals surface area contributed by atoms with Crippen molar-refractivity contribution in [3.05, 3.63) is 35.1 Å². The predicted octanol–water partition coefficient (Wildman–Crippen LogP) is 1.45. The quantitative estimate of drug-likeness (QED) is 0.705. The average molecular weight is 218 g/mol. The second-order valence-corrected chi connectivity index (χ2v) is 3.29. The molecule has 0 amide bonds. The van der Waals surface area contributed by atoms with Crippen LogP contribution in [0, 0.1) is 0 Å². The molecule has 1 aromatic carbocycles. The number of carbonyl (C=O) groups is 2. The lowest BCUT2D eigenvalue weighted by Gasteiger charge is -2.15. The van der Waals surface area contributed by atoms with Gasteiger partial charge in [-0.1, -0.05) is 12.1 Å². The zero-order valence-corrected chi connectivity index (χ0v) is 8.94. The Morgan fingerprint density at radius 3 is 2.38 bits per heavy atom. The van der Waals surface area contributed by atoms with Gasteiger partial charge in [-0.15, -0.1) is 0 Å². The molecule has 0 radical (unpaired) electrons. The first-order valence-corrected chi connectivity index (χ1v) is 4.70. The van der Waals surface area contributed by atoms with E-state index in [1.807, 2.05) is 0 Å². The summed E-state index contributed by atoms with van der Waals surface area (Å²) in [4.78, 5) is 23.3. The highest BCUT2D eigenvalue weighted by atomic mass is 16.5. The maximum Gasteiger partial charge on any atom is 0.267 e. The predicted molar refractivity (Wildman–Crippen MR) is 57.3 cm³/mol. The van der Waals surface area contributed by atoms with Crippen molar-refractivity contribution in [1.82, 2.24) is 0 Å². The van der Waals surface area contributed by atoms with Gasteiger partial charge >= 0.3 is 0 Å². The van der Waals surface area contributed by atoms with Gasteiger partial charge in [-0.25, -0.2) is 0 Å². The molecule has 0 heterocycles. The number of carbonyl (C=O) groups excluding carboxylic acids is 2. The number of Topliss-reactive ketones (excluding diaryl/α,β-unsaturated/α-hetero) is 2. The van der Waals surface area contributed by atoms with Crippen LogP contribution in [0.1, 0.15) is 15.9 Å². The second-order valence-electron chi connectivity index (χ2n) is 3.29. The van der Waals surface area contributed by atoms with Crippen molar-refractivity contribution in [1.29, 1.82) is 0 Å². The molecule has 0 saturated heterocycles. The molecule has 0 unspecified atom stereocenters. The van der Waals surface area contributed by atoms with E-state index in [1.165, 1.54) is 20.3 Å². The number of allylic oxidation sites excluding steroid dienone is 1. The molecular weight excluding hydrogens is 208 g/mol. The third-order valence-corrected chi connectivity index (χ3v) is 2.46. The first-order chi connectivity index (χ1) is 7.69. The Morgan fingerprint density at radius 1 is 1.00 bits per heavy atom. The van der Waals surface area contributed by atoms with Crippen LogP contribution in [0.4, 0.5) is 0 Å². The third kappa shape index (κ3) is 1.39. The van der Waals surface area contributed by atoms with Gasteiger partial charge in [-0.05, 0) is 12.1 Å². The molecule has 0 atom stereocenters. The van der Waals surface area contributed by atoms with Gasteiger partial charge in [-0.3, -0.25) is 9.59 Å². The van der Waals surface area contributed by atoms with Crippen LogP contribution < -0.4 is 4.74 Å². The Kier molecular flexibility index (Phi) is 2.48. The van der Waals surface area contributed by atoms with Gasteiger partial charge in [0.1, 0.15) is 5.75 Å². The first kappa shape index (κ1) is 10.4. The smallest absolute Gasteiger partial charge is 0.267 e. The molecule has 0 bridgehead atoms. The van der Waals surface area contributed by atoms with Crippen LogP contribution in [0.15, 0.2) is 24.0 Å². The highest BCUT2D eigenvalue weighted by Gasteiger charge is 2.29. The Balaban J connectivity index is 2.68. The van der Waals surface area contributed by atoms with Crippen LogP contribution >= 0.6 is 0 Å². The number of benzene rings is 1. The fraction of sp³-hybridized carbons (Fsp3) is 0.167. The van der Waals surface area contributed by atoms with E-state index in [4.69, 9.17) is 9.47 Å². The molecule has 0 saturated carbocycles. The largest absolute Gasteiger partial charge is 0.496 e. The van der Waals surface area contributed by atoms with E-state index in [9.17, 15) is 9.59 Å². The van der Waals surface area contributed by atoms with Crippen LogP contribution in [0.25, 0.3) is 6.08 Å². The Morgan fingerprint density at radius 2 is 1.75 bits per heavy atom. The Bertz CT molecular complexity index is 500. The zero-order chi connectivity index (χ0) is 11.7. The molecule has 4 nitrogen and oxygen atoms in total. The molecule has 4 heteroatoms. The Labute approximate surface area is 92.5 Å². The molecule has 1 aromatic rings. The maximum absolute atomic E-state index is 11.7. The van der Waals surface area contributed by atoms with Crippen molar-refractivity contribution in [2.24, 2.45) is 0 Å². The number of ketones is 2. The monoisotopic (exact) mass is 218 g/mol. The average Bonchev–Trinajstić information content (AvgIpc) is 2.33. The summed E-state index contributed by atoms with van der Waals surface area (Å²) in [6.07, 6.45) is 1.53. The number of methoxy groups -OCH3 is 2. The van der Waals surface area contributed by atoms with E-state index in [0.717, 1.165) is 0 Å². The minimum atomic E-state index is -0.622. The Hall–Kier alpha value is -2.10. The van der Waals surface area contributed by atoms with Crippen LogP contribution in [-0.4, -0.2) is 25.8 Å². The molecule has 0 aromatic heterocycles. The standard InChI is InChI=1S/C12H10O4/c1-15-9-5-3-4-7-8(9)6-10(16-2)12(14)11(7)13/h3-6H,1-2H3. The molecule has 2 rings (SSSR count). The van der Waals surface area contributed by atoms with Crippen molar-refractivity contribution < 1.29 is 19.1 Å². The zero-order valence-electron chi connectivity index (χ0n) is 8.94. The molecule has 0 spiro atoms. The topological polar surface area (TPSA) is 52.6 Å². The lowest BCUT2D eigenvalue weighted by atomic mass is 9.93. The van der Waals surface area contributed by atoms with Crippen molar-refractivity contribution in [3.8, 4) is 5.75 Å². The lowest BCUT2D eigenvalue weighted by molar-refractivity contribution is -0.114. The summed E-state index contributed by atoms with van der Waals surface area (Å²) in [5.74, 6) is -0.591. The van der Waals surface area contributed by atoms with E-state index in [0.29, 0.717) is 16.9 Å². The van der Waals surface area contributed by atoms with Crippen molar-refractivity contribution >= 4 is 17.6 Å². The summed E-state index contributed by atoms with van der Waals surface area (Å²) in [5.41, 5.74) is 0.941. The van der Waals surface area contributed by atoms with Gasteiger partial charge in [0, 0.05) is 11.1 Å². The SMILES string of the molecule is COC1=Cc2c(OC)cccc2C(=O)C1=O. The number of rotatable bonds is 2. The molecular formula is C12H10O4. The van der Waals surface area contributed by atoms with Crippen LogP contribution in [-0.2, 0) is 9.53 Å². The number of hydrogen-bond donors (Lipinski definition) is 0. The van der Waals surface area contributed by atoms with Gasteiger partial charge in [0.2, 0.25) is 5.78 Å². The summed E-state index contributed by atoms with van der Waals surface area (Å²) in [6.45, 7) is 0. The normalized spacial score (nSPS) is 14.2. The van der Waals surface area contributed by atoms with Gasteiger partial charge in [0.25, 0.3) is 5.78 Å². The molecule has 0 aliphatic heterocycles. The third-order valence-electron chi connectivity index (χ3n) is 2.46. The van der Waals surface area contributed by atoms with Gasteiger partial charge in [-0.2, -0.15) is 0 Å². The first-order valence-electron chi connectivity index (χ1n) is 4.70. The highest BCUT2D eigenvalue weighted by Crippen LogP contribution is 2.29. The fourth-order valence-electron chi connectivity index (χ4n) is 1.65. The molecule has 1 aliphatic rings. The van der Waals surface area contributed by atoms with Crippen LogP contribution in [0.3, 0.4) is 0 Å². The minimum Gasteiger partial charge on any atom is -0.496 e. The number of hydrogen-bond acceptors (Lipinski definition) is 4. The molecule has 0 fully saturated rings. The highest BCUT2D eigenvalue weighted by molar-refractivity contribution is 6.51. The molecule has 16 heavy (non-hydrogen) atoms. The number of fused-ring (bicyclic) bond motifs is 1. The van der Waals surface area contributed by atoms with Gasteiger partial charge < -0.3 is 9.47 Å². The fourth-order valence-corrected chi connectivity index (χ4v) is 1.65. The summed E-state index contributed by atoms with van der Waals surface area (Å²) < 4.78 is 9.99. The van der Waals surface area contributed by atoms with Crippen molar-refractivity contribution in [2.45, 2.75) is 0 Å². The molecule has 0 N–H and O–H groups in total. The minimum absolute atomic E-state index is 0.0435. The van der Waals surface area contributed by atoms with Crippen molar-refractivity contribution in [2.75, 3.05) is 14.2 Å². The van der Waals surface area contributed by atoms with Crippen LogP contribution in [0.2, 0.25) is 0 Å². The lowest BCUT2D eigenvalue weighted by Crippen LogP contribution is -2.22. The second kappa shape index (κ2) is 3.81. The van der Waals surface area contributed by atoms with Crippen molar-refractivity contribution in [3.63, 3.8) is 0 Å². The van der Waals surface area contributed by atoms with E-state index in [2.05, 4.69) is 0 Å². The van der Waals surface area contributed by atoms with E-state index < -0.39 is 11.6 Å². The molecule has 82 valence electrons. The summed E-state index contributed by atoms with van der Waals surface area (Å²) in [7, 11) is 2.87. The van der Waals surface area contributed by atoms with Gasteiger partial charge in [0.05, 0.1) is 14.2 Å². The molecule has 1 aliphatic carbocycles. The maximum atomic E-state index is 11.7. The van der Waals surface area contributed by atoms with Crippen LogP contribution in [0.5, 0.6) is 5.75 Å². The summed E-state index contributed by atoms with van der Waals surface area (Å²) >= 11 is 0. The van der Waals surface area contributed by atoms with E-state index >= 15 is 0 Å². The summed E-state index contributed by atoms with van der Waals surface area (Å²) in [5, 5.41) is 0. The number of ether oxygens (including phenoxy) is 2. The summed E-state index contributed by atoms with van der Waals surface area (Å²) in [6, 6.07) is 5.00. The van der Waals surface area contributed by atoms with E-state index in [1.54, 1.807) is 18.2 Å². The van der Waals surface area contributed by atoms with Gasteiger partial charge in [0.15, 0.2) is 5.76 Å².